The van der Waals surface area contributed by atoms with Gasteiger partial charge >= 0.3 is 5.97 Å². The maximum Gasteiger partial charge on any atom is 0.340 e. The molecule has 0 radical (unpaired) electrons. The molecule has 3 aromatic rings. The molecule has 2 N–H and O–H groups in total. The van der Waals surface area contributed by atoms with E-state index in [0.29, 0.717) is 27.4 Å². The molecule has 0 bridgehead atoms. The number of carbonyl (C=O) groups excluding carboxylic acids is 2. The number of thiophene rings is 1. The van der Waals surface area contributed by atoms with Crippen molar-refractivity contribution in [2.75, 3.05) is 17.7 Å². The fourth-order valence-electron chi connectivity index (χ4n) is 2.76. The molecule has 0 aliphatic rings. The molecule has 0 unspecified atom stereocenters. The lowest BCUT2D eigenvalue weighted by Crippen LogP contribution is -2.21. The van der Waals surface area contributed by atoms with E-state index in [1.165, 1.54) is 18.4 Å². The fraction of sp³-hybridized carbons (Fsp3) is 0.136. The second kappa shape index (κ2) is 9.45. The first-order chi connectivity index (χ1) is 14.0. The Morgan fingerprint density at radius 1 is 1.00 bits per heavy atom. The first kappa shape index (κ1) is 20.7. The number of anilines is 2. The number of hydrogen-bond donors (Lipinski definition) is 2. The smallest absolute Gasteiger partial charge is 0.340 e. The molecule has 2 aromatic carbocycles. The molecule has 5 nitrogen and oxygen atoms in total. The first-order valence-electron chi connectivity index (χ1n) is 9.01. The van der Waals surface area contributed by atoms with Gasteiger partial charge in [-0.2, -0.15) is 0 Å². The van der Waals surface area contributed by atoms with Crippen LogP contribution in [0.4, 0.5) is 10.7 Å². The molecule has 0 aliphatic heterocycles. The van der Waals surface area contributed by atoms with Crippen LogP contribution in [0.2, 0.25) is 0 Å². The van der Waals surface area contributed by atoms with Crippen molar-refractivity contribution in [1.29, 1.82) is 0 Å². The van der Waals surface area contributed by atoms with Crippen LogP contribution in [0, 0.1) is 0 Å². The summed E-state index contributed by atoms with van der Waals surface area (Å²) in [5.41, 5.74) is 2.13. The number of methoxy groups -OCH3 is 1. The average molecular weight is 425 g/mol. The first-order valence-corrected chi connectivity index (χ1v) is 10.2. The molecule has 0 saturated heterocycles. The standard InChI is InChI=1S/C22H20N2O3S2/c1-3-15-13-17(21(26)27-2)20(29-15)24-22(28)23-18-12-8-7-11-16(18)19(25)14-9-5-4-6-10-14/h4-13H,3H2,1-2H3,(H2,23,24,28). The zero-order valence-electron chi connectivity index (χ0n) is 16.0. The normalized spacial score (nSPS) is 10.3. The van der Waals surface area contributed by atoms with Crippen molar-refractivity contribution >= 4 is 51.1 Å². The number of ketones is 1. The SMILES string of the molecule is CCc1cc(C(=O)OC)c(NC(=S)Nc2ccccc2C(=O)c2ccccc2)s1. The number of para-hydroxylation sites is 1. The molecule has 3 rings (SSSR count). The quantitative estimate of drug-likeness (QED) is 0.325. The van der Waals surface area contributed by atoms with Crippen LogP contribution in [0.3, 0.4) is 0 Å². The van der Waals surface area contributed by atoms with Crippen LogP contribution in [0.15, 0.2) is 60.7 Å². The molecule has 1 aromatic heterocycles. The van der Waals surface area contributed by atoms with Crippen LogP contribution in [0.5, 0.6) is 0 Å². The second-order valence-corrected chi connectivity index (χ2v) is 7.67. The van der Waals surface area contributed by atoms with Crippen molar-refractivity contribution in [2.45, 2.75) is 13.3 Å². The third-order valence-electron chi connectivity index (χ3n) is 4.22. The number of esters is 1. The van der Waals surface area contributed by atoms with Crippen LogP contribution in [-0.4, -0.2) is 24.0 Å². The number of nitrogens with one attached hydrogen (secondary N) is 2. The van der Waals surface area contributed by atoms with Gasteiger partial charge in [0.05, 0.1) is 18.4 Å². The van der Waals surface area contributed by atoms with Gasteiger partial charge in [0.25, 0.3) is 0 Å². The molecule has 0 spiro atoms. The second-order valence-electron chi connectivity index (χ2n) is 6.12. The molecule has 0 aliphatic carbocycles. The molecule has 0 saturated carbocycles. The predicted molar refractivity (Wildman–Crippen MR) is 121 cm³/mol. The van der Waals surface area contributed by atoms with Gasteiger partial charge in [-0.3, -0.25) is 4.79 Å². The van der Waals surface area contributed by atoms with E-state index in [2.05, 4.69) is 10.6 Å². The Labute approximate surface area is 178 Å². The Kier molecular flexibility index (Phi) is 6.74. The minimum Gasteiger partial charge on any atom is -0.465 e. The lowest BCUT2D eigenvalue weighted by molar-refractivity contribution is 0.0602. The van der Waals surface area contributed by atoms with Crippen molar-refractivity contribution in [3.63, 3.8) is 0 Å². The van der Waals surface area contributed by atoms with E-state index in [9.17, 15) is 9.59 Å². The molecular formula is C22H20N2O3S2. The molecule has 148 valence electrons. The number of carbonyl (C=O) groups is 2. The van der Waals surface area contributed by atoms with Crippen LogP contribution in [0.1, 0.15) is 38.1 Å². The highest BCUT2D eigenvalue weighted by molar-refractivity contribution is 7.80. The summed E-state index contributed by atoms with van der Waals surface area (Å²) in [5, 5.41) is 7.03. The van der Waals surface area contributed by atoms with Gasteiger partial charge in [0.2, 0.25) is 0 Å². The zero-order chi connectivity index (χ0) is 20.8. The number of ether oxygens (including phenoxy) is 1. The van der Waals surface area contributed by atoms with Gasteiger partial charge in [-0.1, -0.05) is 49.4 Å². The van der Waals surface area contributed by atoms with E-state index in [1.54, 1.807) is 36.4 Å². The number of hydrogen-bond acceptors (Lipinski definition) is 5. The van der Waals surface area contributed by atoms with Gasteiger partial charge in [0.15, 0.2) is 10.9 Å². The average Bonchev–Trinajstić information content (AvgIpc) is 3.16. The van der Waals surface area contributed by atoms with Crippen molar-refractivity contribution < 1.29 is 14.3 Å². The minimum atomic E-state index is -0.425. The third kappa shape index (κ3) is 4.88. The summed E-state index contributed by atoms with van der Waals surface area (Å²) in [6, 6.07) is 18.0. The molecule has 0 atom stereocenters. The van der Waals surface area contributed by atoms with E-state index in [0.717, 1.165) is 11.3 Å². The number of aryl methyl sites for hydroxylation is 1. The van der Waals surface area contributed by atoms with Crippen molar-refractivity contribution in [1.82, 2.24) is 0 Å². The molecular weight excluding hydrogens is 404 g/mol. The summed E-state index contributed by atoms with van der Waals surface area (Å²) in [6.45, 7) is 2.01. The van der Waals surface area contributed by atoms with Crippen molar-refractivity contribution in [3.05, 3.63) is 82.2 Å². The summed E-state index contributed by atoms with van der Waals surface area (Å²) in [7, 11) is 1.34. The molecule has 0 amide bonds. The molecule has 29 heavy (non-hydrogen) atoms. The Morgan fingerprint density at radius 3 is 2.38 bits per heavy atom. The van der Waals surface area contributed by atoms with E-state index >= 15 is 0 Å². The van der Waals surface area contributed by atoms with Gasteiger partial charge in [0, 0.05) is 16.0 Å². The van der Waals surface area contributed by atoms with Gasteiger partial charge in [0.1, 0.15) is 5.00 Å². The number of benzene rings is 2. The summed E-state index contributed by atoms with van der Waals surface area (Å²) in [4.78, 5) is 25.9. The van der Waals surface area contributed by atoms with Crippen LogP contribution in [0.25, 0.3) is 0 Å². The summed E-state index contributed by atoms with van der Waals surface area (Å²) in [6.07, 6.45) is 0.797. The van der Waals surface area contributed by atoms with E-state index < -0.39 is 5.97 Å². The Balaban J connectivity index is 1.82. The van der Waals surface area contributed by atoms with Crippen LogP contribution in [-0.2, 0) is 11.2 Å². The Bertz CT molecular complexity index is 1050. The lowest BCUT2D eigenvalue weighted by Gasteiger charge is -2.13. The maximum atomic E-state index is 12.9. The van der Waals surface area contributed by atoms with Crippen LogP contribution >= 0.6 is 23.6 Å². The van der Waals surface area contributed by atoms with E-state index in [4.69, 9.17) is 17.0 Å². The summed E-state index contributed by atoms with van der Waals surface area (Å²) < 4.78 is 4.85. The third-order valence-corrected chi connectivity index (χ3v) is 5.62. The van der Waals surface area contributed by atoms with E-state index in [-0.39, 0.29) is 10.9 Å². The Morgan fingerprint density at radius 2 is 1.69 bits per heavy atom. The van der Waals surface area contributed by atoms with Gasteiger partial charge < -0.3 is 15.4 Å². The monoisotopic (exact) mass is 424 g/mol. The minimum absolute atomic E-state index is 0.101. The highest BCUT2D eigenvalue weighted by atomic mass is 32.1. The summed E-state index contributed by atoms with van der Waals surface area (Å²) in [5.74, 6) is -0.526. The van der Waals surface area contributed by atoms with Gasteiger partial charge in [-0.05, 0) is 36.8 Å². The zero-order valence-corrected chi connectivity index (χ0v) is 17.7. The van der Waals surface area contributed by atoms with Crippen molar-refractivity contribution in [3.8, 4) is 0 Å². The molecule has 1 heterocycles. The highest BCUT2D eigenvalue weighted by Crippen LogP contribution is 2.29. The van der Waals surface area contributed by atoms with E-state index in [1.807, 2.05) is 31.2 Å². The maximum absolute atomic E-state index is 12.9. The van der Waals surface area contributed by atoms with Crippen LogP contribution < -0.4 is 10.6 Å². The van der Waals surface area contributed by atoms with Gasteiger partial charge in [-0.25, -0.2) is 4.79 Å². The fourth-order valence-corrected chi connectivity index (χ4v) is 4.03. The number of rotatable bonds is 6. The Hall–Kier alpha value is -3.03. The largest absolute Gasteiger partial charge is 0.465 e. The van der Waals surface area contributed by atoms with Crippen molar-refractivity contribution in [2.24, 2.45) is 0 Å². The topological polar surface area (TPSA) is 67.4 Å². The molecule has 0 fully saturated rings. The number of thiocarbonyl (C=S) groups is 1. The van der Waals surface area contributed by atoms with Gasteiger partial charge in [-0.15, -0.1) is 11.3 Å². The lowest BCUT2D eigenvalue weighted by atomic mass is 10.0. The molecule has 7 heteroatoms. The predicted octanol–water partition coefficient (Wildman–Crippen LogP) is 5.14. The highest BCUT2D eigenvalue weighted by Gasteiger charge is 2.18. The summed E-state index contributed by atoms with van der Waals surface area (Å²) >= 11 is 6.87.